The van der Waals surface area contributed by atoms with E-state index in [0.29, 0.717) is 6.04 Å². The third-order valence-corrected chi connectivity index (χ3v) is 3.31. The highest BCUT2D eigenvalue weighted by molar-refractivity contribution is 4.82. The summed E-state index contributed by atoms with van der Waals surface area (Å²) in [6.07, 6.45) is 2.52. The Balaban J connectivity index is 2.10. The lowest BCUT2D eigenvalue weighted by molar-refractivity contribution is 0.0485. The van der Waals surface area contributed by atoms with Gasteiger partial charge in [-0.25, -0.2) is 0 Å². The van der Waals surface area contributed by atoms with Gasteiger partial charge in [0.05, 0.1) is 13.2 Å². The summed E-state index contributed by atoms with van der Waals surface area (Å²) >= 11 is 0. The molecule has 19 heavy (non-hydrogen) atoms. The highest BCUT2D eigenvalue weighted by Gasteiger charge is 2.22. The monoisotopic (exact) mass is 270 g/mol. The van der Waals surface area contributed by atoms with Crippen molar-refractivity contribution in [3.05, 3.63) is 0 Å². The van der Waals surface area contributed by atoms with Crippen LogP contribution in [0.2, 0.25) is 0 Å². The lowest BCUT2D eigenvalue weighted by Gasteiger charge is -2.36. The Kier molecular flexibility index (Phi) is 6.28. The van der Waals surface area contributed by atoms with Crippen molar-refractivity contribution < 1.29 is 4.74 Å². The lowest BCUT2D eigenvalue weighted by Crippen LogP contribution is -2.49. The summed E-state index contributed by atoms with van der Waals surface area (Å²) < 4.78 is 5.75. The van der Waals surface area contributed by atoms with Crippen LogP contribution in [0.3, 0.4) is 0 Å². The molecule has 0 atom stereocenters. The number of nitrogens with one attached hydrogen (secondary N) is 1. The number of hydrogen-bond acceptors (Lipinski definition) is 3. The molecule has 0 aromatic carbocycles. The first kappa shape index (κ1) is 16.9. The number of nitrogens with zero attached hydrogens (tertiary/aromatic N) is 1. The second kappa shape index (κ2) is 7.05. The van der Waals surface area contributed by atoms with E-state index in [1.807, 2.05) is 0 Å². The molecule has 3 nitrogen and oxygen atoms in total. The molecule has 0 aromatic rings. The van der Waals surface area contributed by atoms with Crippen LogP contribution in [-0.2, 0) is 4.74 Å². The van der Waals surface area contributed by atoms with E-state index in [4.69, 9.17) is 4.74 Å². The Morgan fingerprint density at radius 3 is 2.11 bits per heavy atom. The van der Waals surface area contributed by atoms with Crippen LogP contribution in [0.5, 0.6) is 0 Å². The first-order valence-corrected chi connectivity index (χ1v) is 7.73. The molecule has 1 aliphatic heterocycles. The van der Waals surface area contributed by atoms with Gasteiger partial charge in [0, 0.05) is 18.1 Å². The van der Waals surface area contributed by atoms with Gasteiger partial charge in [0.1, 0.15) is 0 Å². The Morgan fingerprint density at radius 1 is 1.05 bits per heavy atom. The fourth-order valence-corrected chi connectivity index (χ4v) is 2.49. The van der Waals surface area contributed by atoms with Crippen LogP contribution in [0.1, 0.15) is 54.4 Å². The molecule has 0 aromatic heterocycles. The third kappa shape index (κ3) is 8.61. The number of rotatable bonds is 5. The average molecular weight is 270 g/mol. The fourth-order valence-electron chi connectivity index (χ4n) is 2.49. The second-order valence-electron chi connectivity index (χ2n) is 8.12. The van der Waals surface area contributed by atoms with E-state index in [1.54, 1.807) is 0 Å². The molecule has 1 heterocycles. The normalized spacial score (nSPS) is 19.9. The van der Waals surface area contributed by atoms with E-state index in [2.05, 4.69) is 51.8 Å². The van der Waals surface area contributed by atoms with Gasteiger partial charge < -0.3 is 15.0 Å². The molecule has 0 unspecified atom stereocenters. The fraction of sp³-hybridized carbons (Fsp3) is 1.00. The topological polar surface area (TPSA) is 24.5 Å². The summed E-state index contributed by atoms with van der Waals surface area (Å²) in [5.74, 6) is 0. The van der Waals surface area contributed by atoms with Gasteiger partial charge in [-0.15, -0.1) is 0 Å². The Labute approximate surface area is 120 Å². The number of likely N-dealkylation sites (tertiary alicyclic amines) is 1. The molecular formula is C16H34N2O. The first-order chi connectivity index (χ1) is 8.66. The quantitative estimate of drug-likeness (QED) is 0.778. The van der Waals surface area contributed by atoms with Gasteiger partial charge in [-0.3, -0.25) is 0 Å². The highest BCUT2D eigenvalue weighted by atomic mass is 16.5. The van der Waals surface area contributed by atoms with Gasteiger partial charge >= 0.3 is 0 Å². The summed E-state index contributed by atoms with van der Waals surface area (Å²) in [5, 5.41) is 3.71. The molecule has 114 valence electrons. The maximum absolute atomic E-state index is 5.75. The van der Waals surface area contributed by atoms with Crippen molar-refractivity contribution >= 4 is 0 Å². The van der Waals surface area contributed by atoms with Gasteiger partial charge in [0.2, 0.25) is 0 Å². The van der Waals surface area contributed by atoms with E-state index in [1.165, 1.54) is 25.9 Å². The maximum Gasteiger partial charge on any atom is 0.0593 e. The molecule has 1 N–H and O–H groups in total. The van der Waals surface area contributed by atoms with Crippen molar-refractivity contribution in [2.24, 2.45) is 5.41 Å². The van der Waals surface area contributed by atoms with Crippen LogP contribution < -0.4 is 5.32 Å². The van der Waals surface area contributed by atoms with Crippen molar-refractivity contribution in [2.75, 3.05) is 32.8 Å². The van der Waals surface area contributed by atoms with Gasteiger partial charge in [-0.2, -0.15) is 0 Å². The summed E-state index contributed by atoms with van der Waals surface area (Å²) in [5.41, 5.74) is 0.520. The zero-order valence-corrected chi connectivity index (χ0v) is 13.9. The third-order valence-electron chi connectivity index (χ3n) is 3.31. The zero-order valence-electron chi connectivity index (χ0n) is 13.9. The first-order valence-electron chi connectivity index (χ1n) is 7.73. The number of piperidine rings is 1. The molecule has 1 rings (SSSR count). The van der Waals surface area contributed by atoms with E-state index in [9.17, 15) is 0 Å². The molecule has 0 bridgehead atoms. The zero-order chi connectivity index (χ0) is 14.5. The average Bonchev–Trinajstić information content (AvgIpc) is 2.23. The molecular weight excluding hydrogens is 236 g/mol. The molecule has 0 aliphatic carbocycles. The molecule has 0 radical (unpaired) electrons. The summed E-state index contributed by atoms with van der Waals surface area (Å²) in [4.78, 5) is 2.53. The van der Waals surface area contributed by atoms with Crippen LogP contribution in [-0.4, -0.2) is 49.3 Å². The van der Waals surface area contributed by atoms with Gasteiger partial charge in [-0.05, 0) is 52.1 Å². The van der Waals surface area contributed by atoms with Crippen LogP contribution in [0, 0.1) is 5.41 Å². The standard InChI is InChI=1S/C16H34N2O/c1-15(2,3)13-19-12-11-18-9-7-14(8-10-18)17-16(4,5)6/h14,17H,7-13H2,1-6H3. The Morgan fingerprint density at radius 2 is 1.63 bits per heavy atom. The van der Waals surface area contributed by atoms with Crippen LogP contribution in [0.4, 0.5) is 0 Å². The van der Waals surface area contributed by atoms with Crippen molar-refractivity contribution in [1.29, 1.82) is 0 Å². The second-order valence-corrected chi connectivity index (χ2v) is 8.12. The van der Waals surface area contributed by atoms with E-state index >= 15 is 0 Å². The summed E-state index contributed by atoms with van der Waals surface area (Å²) in [7, 11) is 0. The van der Waals surface area contributed by atoms with Crippen molar-refractivity contribution in [3.63, 3.8) is 0 Å². The van der Waals surface area contributed by atoms with Crippen LogP contribution in [0.15, 0.2) is 0 Å². The molecule has 1 aliphatic rings. The van der Waals surface area contributed by atoms with Crippen LogP contribution >= 0.6 is 0 Å². The summed E-state index contributed by atoms with van der Waals surface area (Å²) in [6.45, 7) is 18.6. The minimum atomic E-state index is 0.239. The maximum atomic E-state index is 5.75. The molecule has 0 amide bonds. The highest BCUT2D eigenvalue weighted by Crippen LogP contribution is 2.15. The van der Waals surface area contributed by atoms with Gasteiger partial charge in [0.25, 0.3) is 0 Å². The Hall–Kier alpha value is -0.120. The van der Waals surface area contributed by atoms with E-state index < -0.39 is 0 Å². The SMILES string of the molecule is CC(C)(C)COCCN1CCC(NC(C)(C)C)CC1. The van der Waals surface area contributed by atoms with Crippen LogP contribution in [0.25, 0.3) is 0 Å². The predicted molar refractivity (Wildman–Crippen MR) is 82.6 cm³/mol. The molecule has 3 heteroatoms. The predicted octanol–water partition coefficient (Wildman–Crippen LogP) is 2.90. The minimum absolute atomic E-state index is 0.239. The van der Waals surface area contributed by atoms with E-state index in [-0.39, 0.29) is 11.0 Å². The van der Waals surface area contributed by atoms with Gasteiger partial charge in [-0.1, -0.05) is 20.8 Å². The van der Waals surface area contributed by atoms with Crippen molar-refractivity contribution in [1.82, 2.24) is 10.2 Å². The Bertz CT molecular complexity index is 242. The van der Waals surface area contributed by atoms with Gasteiger partial charge in [0.15, 0.2) is 0 Å². The minimum Gasteiger partial charge on any atom is -0.380 e. The van der Waals surface area contributed by atoms with E-state index in [0.717, 1.165) is 19.8 Å². The number of hydrogen-bond donors (Lipinski definition) is 1. The largest absolute Gasteiger partial charge is 0.380 e. The summed E-state index contributed by atoms with van der Waals surface area (Å²) in [6, 6.07) is 0.687. The smallest absolute Gasteiger partial charge is 0.0593 e. The molecule has 0 saturated carbocycles. The molecule has 1 saturated heterocycles. The van der Waals surface area contributed by atoms with Crippen molar-refractivity contribution in [3.8, 4) is 0 Å². The van der Waals surface area contributed by atoms with Crippen molar-refractivity contribution in [2.45, 2.75) is 66.0 Å². The molecule has 0 spiro atoms. The molecule has 1 fully saturated rings. The lowest BCUT2D eigenvalue weighted by atomic mass is 9.99. The number of ether oxygens (including phenoxy) is 1.